The molecule has 0 fully saturated rings. The third kappa shape index (κ3) is 1.30. The number of aromatic nitrogens is 1. The highest BCUT2D eigenvalue weighted by Crippen LogP contribution is 2.20. The van der Waals surface area contributed by atoms with Crippen molar-refractivity contribution in [2.75, 3.05) is 0 Å². The molecule has 2 N–H and O–H groups in total. The average Bonchev–Trinajstić information content (AvgIpc) is 2.59. The van der Waals surface area contributed by atoms with E-state index in [4.69, 9.17) is 18.0 Å². The molecule has 0 bridgehead atoms. The smallest absolute Gasteiger partial charge is 0.104 e. The Hall–Kier alpha value is -1.35. The molecular formula is C11H12N2S. The number of fused-ring (bicyclic) bond motifs is 1. The summed E-state index contributed by atoms with van der Waals surface area (Å²) >= 11 is 5.00. The molecular weight excluding hydrogens is 192 g/mol. The molecule has 2 aromatic rings. The van der Waals surface area contributed by atoms with Crippen LogP contribution in [0.5, 0.6) is 0 Å². The summed E-state index contributed by atoms with van der Waals surface area (Å²) < 4.78 is 2.18. The fourth-order valence-corrected chi connectivity index (χ4v) is 1.89. The van der Waals surface area contributed by atoms with E-state index in [1.165, 1.54) is 5.52 Å². The quantitative estimate of drug-likeness (QED) is 0.761. The largest absolute Gasteiger partial charge is 0.389 e. The van der Waals surface area contributed by atoms with Gasteiger partial charge in [-0.25, -0.2) is 0 Å². The molecule has 0 radical (unpaired) electrons. The monoisotopic (exact) mass is 204 g/mol. The van der Waals surface area contributed by atoms with Gasteiger partial charge in [0.2, 0.25) is 0 Å². The molecule has 0 aliphatic carbocycles. The van der Waals surface area contributed by atoms with Crippen LogP contribution in [-0.4, -0.2) is 9.56 Å². The van der Waals surface area contributed by atoms with Gasteiger partial charge in [0.15, 0.2) is 0 Å². The fraction of sp³-hybridized carbons (Fsp3) is 0.182. The number of nitrogens with zero attached hydrogens (tertiary/aromatic N) is 1. The second-order valence-corrected chi connectivity index (χ2v) is 3.64. The van der Waals surface area contributed by atoms with E-state index in [1.54, 1.807) is 0 Å². The van der Waals surface area contributed by atoms with Crippen molar-refractivity contribution >= 4 is 28.1 Å². The van der Waals surface area contributed by atoms with Crippen molar-refractivity contribution in [3.05, 3.63) is 36.0 Å². The molecule has 0 saturated carbocycles. The normalized spacial score (nSPS) is 10.6. The average molecular weight is 204 g/mol. The van der Waals surface area contributed by atoms with E-state index in [9.17, 15) is 0 Å². The lowest BCUT2D eigenvalue weighted by molar-refractivity contribution is 0.797. The zero-order valence-electron chi connectivity index (χ0n) is 8.03. The second kappa shape index (κ2) is 3.42. The van der Waals surface area contributed by atoms with E-state index < -0.39 is 0 Å². The minimum atomic E-state index is 0.462. The minimum Gasteiger partial charge on any atom is -0.389 e. The Morgan fingerprint density at radius 2 is 2.21 bits per heavy atom. The van der Waals surface area contributed by atoms with Gasteiger partial charge in [0.05, 0.1) is 0 Å². The molecule has 3 heteroatoms. The molecule has 0 atom stereocenters. The van der Waals surface area contributed by atoms with Gasteiger partial charge < -0.3 is 10.3 Å². The standard InChI is InChI=1S/C11H12N2S/c1-2-13-7-6-8-9(11(12)14)4-3-5-10(8)13/h3-7H,2H2,1H3,(H2,12,14). The van der Waals surface area contributed by atoms with Gasteiger partial charge in [0, 0.05) is 29.2 Å². The van der Waals surface area contributed by atoms with Crippen LogP contribution in [0.3, 0.4) is 0 Å². The maximum atomic E-state index is 5.65. The van der Waals surface area contributed by atoms with E-state index in [2.05, 4.69) is 29.8 Å². The topological polar surface area (TPSA) is 30.9 Å². The predicted octanol–water partition coefficient (Wildman–Crippen LogP) is 2.30. The molecule has 2 nitrogen and oxygen atoms in total. The minimum absolute atomic E-state index is 0.462. The molecule has 0 unspecified atom stereocenters. The van der Waals surface area contributed by atoms with Crippen LogP contribution >= 0.6 is 12.2 Å². The first-order chi connectivity index (χ1) is 6.74. The zero-order valence-corrected chi connectivity index (χ0v) is 8.84. The van der Waals surface area contributed by atoms with Gasteiger partial charge in [-0.3, -0.25) is 0 Å². The van der Waals surface area contributed by atoms with Crippen molar-refractivity contribution in [3.8, 4) is 0 Å². The summed E-state index contributed by atoms with van der Waals surface area (Å²) in [6.07, 6.45) is 2.06. The van der Waals surface area contributed by atoms with Crippen LogP contribution in [0.15, 0.2) is 30.5 Å². The molecule has 1 aromatic carbocycles. The predicted molar refractivity (Wildman–Crippen MR) is 63.5 cm³/mol. The number of thiocarbonyl (C=S) groups is 1. The molecule has 1 aromatic heterocycles. The number of aryl methyl sites for hydroxylation is 1. The van der Waals surface area contributed by atoms with Gasteiger partial charge in [-0.05, 0) is 19.1 Å². The summed E-state index contributed by atoms with van der Waals surface area (Å²) in [6.45, 7) is 3.08. The Morgan fingerprint density at radius 3 is 2.86 bits per heavy atom. The third-order valence-corrected chi connectivity index (χ3v) is 2.64. The second-order valence-electron chi connectivity index (χ2n) is 3.20. The molecule has 0 aliphatic heterocycles. The maximum absolute atomic E-state index is 5.65. The van der Waals surface area contributed by atoms with Crippen LogP contribution < -0.4 is 5.73 Å². The van der Waals surface area contributed by atoms with E-state index in [0.717, 1.165) is 17.5 Å². The first kappa shape index (κ1) is 9.21. The zero-order chi connectivity index (χ0) is 10.1. The Balaban J connectivity index is 2.76. The first-order valence-corrected chi connectivity index (χ1v) is 5.02. The highest BCUT2D eigenvalue weighted by atomic mass is 32.1. The summed E-state index contributed by atoms with van der Waals surface area (Å²) in [6, 6.07) is 8.10. The lowest BCUT2D eigenvalue weighted by atomic mass is 10.1. The fourth-order valence-electron chi connectivity index (χ4n) is 1.71. The van der Waals surface area contributed by atoms with Crippen molar-refractivity contribution in [1.82, 2.24) is 4.57 Å². The lowest BCUT2D eigenvalue weighted by Crippen LogP contribution is -2.09. The molecule has 0 aliphatic rings. The Kier molecular flexibility index (Phi) is 2.25. The first-order valence-electron chi connectivity index (χ1n) is 4.61. The Bertz CT molecular complexity index is 485. The lowest BCUT2D eigenvalue weighted by Gasteiger charge is -2.03. The number of hydrogen-bond acceptors (Lipinski definition) is 1. The maximum Gasteiger partial charge on any atom is 0.104 e. The van der Waals surface area contributed by atoms with E-state index in [0.29, 0.717) is 4.99 Å². The summed E-state index contributed by atoms with van der Waals surface area (Å²) in [5.41, 5.74) is 7.81. The van der Waals surface area contributed by atoms with Crippen LogP contribution in [0.1, 0.15) is 12.5 Å². The highest BCUT2D eigenvalue weighted by molar-refractivity contribution is 7.80. The van der Waals surface area contributed by atoms with E-state index in [-0.39, 0.29) is 0 Å². The van der Waals surface area contributed by atoms with Gasteiger partial charge in [-0.15, -0.1) is 0 Å². The van der Waals surface area contributed by atoms with Gasteiger partial charge in [0.25, 0.3) is 0 Å². The van der Waals surface area contributed by atoms with Crippen LogP contribution in [0.2, 0.25) is 0 Å². The summed E-state index contributed by atoms with van der Waals surface area (Å²) in [5, 5.41) is 1.14. The Morgan fingerprint density at radius 1 is 1.43 bits per heavy atom. The van der Waals surface area contributed by atoms with Crippen LogP contribution in [0, 0.1) is 0 Å². The Labute approximate surface area is 88.3 Å². The van der Waals surface area contributed by atoms with Crippen molar-refractivity contribution < 1.29 is 0 Å². The molecule has 0 saturated heterocycles. The number of nitrogens with two attached hydrogens (primary N) is 1. The number of hydrogen-bond donors (Lipinski definition) is 1. The number of benzene rings is 1. The van der Waals surface area contributed by atoms with Crippen LogP contribution in [0.4, 0.5) is 0 Å². The molecule has 72 valence electrons. The molecule has 2 rings (SSSR count). The van der Waals surface area contributed by atoms with Gasteiger partial charge in [0.1, 0.15) is 4.99 Å². The van der Waals surface area contributed by atoms with Crippen LogP contribution in [0.25, 0.3) is 10.9 Å². The third-order valence-electron chi connectivity index (χ3n) is 2.42. The van der Waals surface area contributed by atoms with Gasteiger partial charge in [-0.2, -0.15) is 0 Å². The molecule has 1 heterocycles. The van der Waals surface area contributed by atoms with Gasteiger partial charge >= 0.3 is 0 Å². The van der Waals surface area contributed by atoms with E-state index >= 15 is 0 Å². The molecule has 14 heavy (non-hydrogen) atoms. The van der Waals surface area contributed by atoms with Crippen molar-refractivity contribution in [1.29, 1.82) is 0 Å². The highest BCUT2D eigenvalue weighted by Gasteiger charge is 2.05. The summed E-state index contributed by atoms with van der Waals surface area (Å²) in [7, 11) is 0. The summed E-state index contributed by atoms with van der Waals surface area (Å²) in [5.74, 6) is 0. The van der Waals surface area contributed by atoms with Crippen molar-refractivity contribution in [3.63, 3.8) is 0 Å². The van der Waals surface area contributed by atoms with Crippen molar-refractivity contribution in [2.24, 2.45) is 5.73 Å². The van der Waals surface area contributed by atoms with Gasteiger partial charge in [-0.1, -0.05) is 24.4 Å². The SMILES string of the molecule is CCn1ccc2c(C(N)=S)cccc21. The summed E-state index contributed by atoms with van der Waals surface area (Å²) in [4.78, 5) is 0.462. The van der Waals surface area contributed by atoms with Crippen molar-refractivity contribution in [2.45, 2.75) is 13.5 Å². The molecule has 0 spiro atoms. The van der Waals surface area contributed by atoms with E-state index in [1.807, 2.05) is 12.1 Å². The molecule has 0 amide bonds. The number of rotatable bonds is 2. The van der Waals surface area contributed by atoms with Crippen LogP contribution in [-0.2, 0) is 6.54 Å².